The third-order valence-corrected chi connectivity index (χ3v) is 7.64. The summed E-state index contributed by atoms with van der Waals surface area (Å²) in [6, 6.07) is -1.37. The van der Waals surface area contributed by atoms with Crippen molar-refractivity contribution in [1.29, 1.82) is 0 Å². The number of rotatable bonds is 29. The highest BCUT2D eigenvalue weighted by atomic mass is 31.2. The van der Waals surface area contributed by atoms with Crippen molar-refractivity contribution in [2.24, 2.45) is 0 Å². The van der Waals surface area contributed by atoms with Crippen LogP contribution in [0.2, 0.25) is 0 Å². The van der Waals surface area contributed by atoms with Crippen molar-refractivity contribution in [3.63, 3.8) is 0 Å². The number of carboxylic acid groups (broad SMARTS) is 1. The lowest BCUT2D eigenvalue weighted by atomic mass is 10.0. The fourth-order valence-corrected chi connectivity index (χ4v) is 5.06. The van der Waals surface area contributed by atoms with E-state index >= 15 is 0 Å². The van der Waals surface area contributed by atoms with E-state index in [0.29, 0.717) is 12.8 Å². The molecular weight excluding hydrogens is 549 g/mol. The molecule has 11 heteroatoms. The zero-order chi connectivity index (χ0) is 30.8. The van der Waals surface area contributed by atoms with Gasteiger partial charge in [-0.2, -0.15) is 0 Å². The maximum atomic E-state index is 12.6. The molecule has 0 aromatic carbocycles. The van der Waals surface area contributed by atoms with Gasteiger partial charge >= 0.3 is 19.8 Å². The smallest absolute Gasteiger partial charge is 0.469 e. The van der Waals surface area contributed by atoms with Crippen LogP contribution in [0.15, 0.2) is 0 Å². The van der Waals surface area contributed by atoms with Crippen molar-refractivity contribution in [3.05, 3.63) is 0 Å². The summed E-state index contributed by atoms with van der Waals surface area (Å²) in [6.45, 7) is 3.87. The highest BCUT2D eigenvalue weighted by molar-refractivity contribution is 7.46. The van der Waals surface area contributed by atoms with Crippen molar-refractivity contribution in [3.8, 4) is 0 Å². The lowest BCUT2D eigenvalue weighted by molar-refractivity contribution is -0.151. The monoisotopic (exact) mass is 607 g/mol. The summed E-state index contributed by atoms with van der Waals surface area (Å²) in [5.41, 5.74) is 0. The second-order valence-corrected chi connectivity index (χ2v) is 12.3. The topological polar surface area (TPSA) is 159 Å². The van der Waals surface area contributed by atoms with Crippen molar-refractivity contribution < 1.29 is 43.1 Å². The van der Waals surface area contributed by atoms with Gasteiger partial charge in [0, 0.05) is 12.8 Å². The first kappa shape index (κ1) is 39.5. The van der Waals surface area contributed by atoms with Crippen LogP contribution in [0.1, 0.15) is 155 Å². The van der Waals surface area contributed by atoms with Crippen molar-refractivity contribution in [2.45, 2.75) is 167 Å². The number of amides is 1. The quantitative estimate of drug-likeness (QED) is 0.0392. The van der Waals surface area contributed by atoms with Crippen LogP contribution in [-0.2, 0) is 28.2 Å². The van der Waals surface area contributed by atoms with Crippen molar-refractivity contribution in [1.82, 2.24) is 5.32 Å². The van der Waals surface area contributed by atoms with E-state index in [0.717, 1.165) is 44.9 Å². The van der Waals surface area contributed by atoms with E-state index in [1.165, 1.54) is 70.6 Å². The Morgan fingerprint density at radius 1 is 0.707 bits per heavy atom. The molecule has 0 aliphatic heterocycles. The number of ether oxygens (including phenoxy) is 1. The summed E-state index contributed by atoms with van der Waals surface area (Å²) >= 11 is 0. The molecule has 0 aliphatic carbocycles. The van der Waals surface area contributed by atoms with E-state index in [4.69, 9.17) is 14.5 Å². The van der Waals surface area contributed by atoms with Crippen LogP contribution in [-0.4, -0.2) is 51.5 Å². The van der Waals surface area contributed by atoms with Crippen molar-refractivity contribution >= 4 is 25.7 Å². The third-order valence-electron chi connectivity index (χ3n) is 7.12. The molecule has 4 N–H and O–H groups in total. The van der Waals surface area contributed by atoms with Gasteiger partial charge in [-0.3, -0.25) is 14.1 Å². The normalized spacial score (nSPS) is 13.1. The van der Waals surface area contributed by atoms with E-state index in [1.54, 1.807) is 0 Å². The van der Waals surface area contributed by atoms with Gasteiger partial charge in [-0.15, -0.1) is 0 Å². The van der Waals surface area contributed by atoms with E-state index in [2.05, 4.69) is 23.7 Å². The van der Waals surface area contributed by atoms with E-state index in [-0.39, 0.29) is 18.8 Å². The average Bonchev–Trinajstić information content (AvgIpc) is 2.89. The third kappa shape index (κ3) is 27.1. The van der Waals surface area contributed by atoms with Gasteiger partial charge in [-0.25, -0.2) is 9.36 Å². The van der Waals surface area contributed by atoms with E-state index in [9.17, 15) is 24.1 Å². The summed E-state index contributed by atoms with van der Waals surface area (Å²) < 4.78 is 20.8. The van der Waals surface area contributed by atoms with Gasteiger partial charge in [0.1, 0.15) is 12.1 Å². The van der Waals surface area contributed by atoms with E-state index < -0.39 is 38.5 Å². The van der Waals surface area contributed by atoms with Crippen LogP contribution in [0, 0.1) is 0 Å². The summed E-state index contributed by atoms with van der Waals surface area (Å²) in [5.74, 6) is -2.28. The number of carbonyl (C=O) groups is 3. The maximum Gasteiger partial charge on any atom is 0.469 e. The molecule has 0 radical (unpaired) electrons. The minimum absolute atomic E-state index is 0.163. The summed E-state index contributed by atoms with van der Waals surface area (Å²) in [5, 5.41) is 11.7. The molecule has 242 valence electrons. The van der Waals surface area contributed by atoms with Crippen molar-refractivity contribution in [2.75, 3.05) is 6.61 Å². The number of carboxylic acids is 1. The Morgan fingerprint density at radius 2 is 1.17 bits per heavy atom. The number of nitrogens with one attached hydrogen (secondary N) is 1. The Morgan fingerprint density at radius 3 is 1.63 bits per heavy atom. The first-order chi connectivity index (χ1) is 19.6. The summed E-state index contributed by atoms with van der Waals surface area (Å²) in [7, 11) is -4.74. The fraction of sp³-hybridized carbons (Fsp3) is 0.900. The molecule has 0 heterocycles. The first-order valence-electron chi connectivity index (χ1n) is 16.0. The molecule has 2 unspecified atom stereocenters. The zero-order valence-electron chi connectivity index (χ0n) is 25.7. The van der Waals surface area contributed by atoms with Crippen LogP contribution >= 0.6 is 7.82 Å². The van der Waals surface area contributed by atoms with Crippen LogP contribution in [0.3, 0.4) is 0 Å². The molecule has 2 atom stereocenters. The number of esters is 1. The highest BCUT2D eigenvalue weighted by Crippen LogP contribution is 2.35. The number of carbonyl (C=O) groups excluding carboxylic acids is 2. The number of unbranched alkanes of at least 4 members (excludes halogenated alkanes) is 16. The molecule has 10 nitrogen and oxygen atoms in total. The predicted octanol–water partition coefficient (Wildman–Crippen LogP) is 7.20. The maximum absolute atomic E-state index is 12.6. The van der Waals surface area contributed by atoms with Crippen LogP contribution in [0.5, 0.6) is 0 Å². The fourth-order valence-electron chi connectivity index (χ4n) is 4.72. The van der Waals surface area contributed by atoms with Gasteiger partial charge in [0.05, 0.1) is 13.0 Å². The molecule has 0 fully saturated rings. The average molecular weight is 608 g/mol. The van der Waals surface area contributed by atoms with Gasteiger partial charge in [0.25, 0.3) is 0 Å². The molecule has 1 amide bonds. The summed E-state index contributed by atoms with van der Waals surface area (Å²) in [6.07, 6.45) is 20.2. The molecule has 41 heavy (non-hydrogen) atoms. The minimum Gasteiger partial charge on any atom is -0.480 e. The molecule has 0 bridgehead atoms. The van der Waals surface area contributed by atoms with Gasteiger partial charge in [-0.1, -0.05) is 117 Å². The molecule has 0 saturated heterocycles. The molecule has 0 aromatic heterocycles. The first-order valence-corrected chi connectivity index (χ1v) is 17.5. The Balaban J connectivity index is 4.65. The van der Waals surface area contributed by atoms with E-state index in [1.807, 2.05) is 0 Å². The van der Waals surface area contributed by atoms with Crippen LogP contribution in [0.25, 0.3) is 0 Å². The molecule has 0 saturated carbocycles. The second kappa shape index (κ2) is 26.2. The molecule has 0 aliphatic rings. The summed E-state index contributed by atoms with van der Waals surface area (Å²) in [4.78, 5) is 54.3. The Kier molecular flexibility index (Phi) is 25.2. The molecule has 0 spiro atoms. The Labute approximate surface area is 248 Å². The standard InChI is InChI=1S/C30H58NO9P/c1-3-5-7-9-11-13-15-17-19-21-26(40-29(33)22-20-18-16-14-12-10-8-6-4-2)25-28(32)31-27(30(34)35)23-24-39-41(36,37)38/h26-27H,3-25H2,1-2H3,(H,31,32)(H,34,35)(H2,36,37,38). The SMILES string of the molecule is CCCCCCCCCCCC(=O)OC(CCCCCCCCCCC)CC(=O)NC(CCOP(=O)(O)O)C(=O)O. The molecular formula is C30H58NO9P. The van der Waals surface area contributed by atoms with Crippen LogP contribution < -0.4 is 5.32 Å². The van der Waals surface area contributed by atoms with Gasteiger partial charge in [0.2, 0.25) is 5.91 Å². The minimum atomic E-state index is -4.74. The Bertz CT molecular complexity index is 729. The number of phosphoric ester groups is 1. The van der Waals surface area contributed by atoms with Crippen LogP contribution in [0.4, 0.5) is 0 Å². The lowest BCUT2D eigenvalue weighted by Gasteiger charge is -2.20. The number of phosphoric acid groups is 1. The molecule has 0 aromatic rings. The Hall–Kier alpha value is -1.48. The van der Waals surface area contributed by atoms with Gasteiger partial charge in [0.15, 0.2) is 0 Å². The number of aliphatic carboxylic acids is 1. The largest absolute Gasteiger partial charge is 0.480 e. The van der Waals surface area contributed by atoms with Gasteiger partial charge in [-0.05, 0) is 19.3 Å². The molecule has 0 rings (SSSR count). The predicted molar refractivity (Wildman–Crippen MR) is 160 cm³/mol. The number of hydrogen-bond acceptors (Lipinski definition) is 6. The zero-order valence-corrected chi connectivity index (χ0v) is 26.6. The van der Waals surface area contributed by atoms with Gasteiger partial charge < -0.3 is 24.9 Å². The number of hydrogen-bond donors (Lipinski definition) is 4. The lowest BCUT2D eigenvalue weighted by Crippen LogP contribution is -2.43. The highest BCUT2D eigenvalue weighted by Gasteiger charge is 2.25. The second-order valence-electron chi connectivity index (χ2n) is 11.1.